The number of amides is 2. The molecule has 0 aliphatic carbocycles. The number of allylic oxidation sites excluding steroid dienone is 2. The van der Waals surface area contributed by atoms with E-state index < -0.39 is 0 Å². The van der Waals surface area contributed by atoms with Crippen molar-refractivity contribution in [2.24, 2.45) is 4.99 Å². The molecule has 3 aromatic rings. The number of aromatic nitrogens is 3. The Labute approximate surface area is 161 Å². The summed E-state index contributed by atoms with van der Waals surface area (Å²) in [7, 11) is 1.74. The first-order valence-electron chi connectivity index (χ1n) is 8.50. The molecule has 0 aliphatic heterocycles. The van der Waals surface area contributed by atoms with Gasteiger partial charge in [-0.15, -0.1) is 0 Å². The van der Waals surface area contributed by atoms with Crippen molar-refractivity contribution in [3.63, 3.8) is 0 Å². The van der Waals surface area contributed by atoms with E-state index in [-0.39, 0.29) is 6.03 Å². The normalized spacial score (nSPS) is 11.9. The standard InChI is InChI=1S/C19H20N6OS/c1-4-12(8-20-3)15-6-13(14-9-21-11-22-10-14)7-16-17(15)27-19(24-16)25-18(26)23-5-2/h4,6-11H,5H2,1-3H3,(H2,23,24,25,26)/b12-4+,20-8?. The van der Waals surface area contributed by atoms with Gasteiger partial charge in [0.1, 0.15) is 6.33 Å². The molecule has 7 nitrogen and oxygen atoms in total. The maximum Gasteiger partial charge on any atom is 0.321 e. The lowest BCUT2D eigenvalue weighted by Gasteiger charge is -2.07. The minimum absolute atomic E-state index is 0.267. The second-order valence-corrected chi connectivity index (χ2v) is 6.63. The molecule has 138 valence electrons. The van der Waals surface area contributed by atoms with E-state index in [0.717, 1.165) is 32.5 Å². The third-order valence-corrected chi connectivity index (χ3v) is 4.85. The second kappa shape index (κ2) is 8.50. The summed E-state index contributed by atoms with van der Waals surface area (Å²) in [5.41, 5.74) is 4.63. The topological polar surface area (TPSA) is 92.2 Å². The lowest BCUT2D eigenvalue weighted by molar-refractivity contribution is 0.252. The smallest absolute Gasteiger partial charge is 0.321 e. The number of rotatable bonds is 5. The maximum atomic E-state index is 11.9. The Bertz CT molecular complexity index is 1010. The monoisotopic (exact) mass is 380 g/mol. The van der Waals surface area contributed by atoms with Gasteiger partial charge < -0.3 is 5.32 Å². The van der Waals surface area contributed by atoms with Crippen LogP contribution in [0.1, 0.15) is 19.4 Å². The molecular formula is C19H20N6OS. The van der Waals surface area contributed by atoms with Gasteiger partial charge in [-0.1, -0.05) is 17.4 Å². The Kier molecular flexibility index (Phi) is 5.87. The van der Waals surface area contributed by atoms with Crippen LogP contribution in [0.3, 0.4) is 0 Å². The van der Waals surface area contributed by atoms with Crippen LogP contribution >= 0.6 is 11.3 Å². The number of fused-ring (bicyclic) bond motifs is 1. The van der Waals surface area contributed by atoms with Gasteiger partial charge in [-0.05, 0) is 37.1 Å². The number of carbonyl (C=O) groups excluding carboxylic acids is 1. The van der Waals surface area contributed by atoms with Crippen molar-refractivity contribution in [1.29, 1.82) is 0 Å². The molecule has 2 N–H and O–H groups in total. The van der Waals surface area contributed by atoms with E-state index in [4.69, 9.17) is 0 Å². The fourth-order valence-electron chi connectivity index (χ4n) is 2.66. The zero-order valence-corrected chi connectivity index (χ0v) is 16.2. The van der Waals surface area contributed by atoms with Crippen LogP contribution in [0.2, 0.25) is 0 Å². The Balaban J connectivity index is 2.16. The van der Waals surface area contributed by atoms with Gasteiger partial charge in [-0.2, -0.15) is 0 Å². The van der Waals surface area contributed by atoms with E-state index in [9.17, 15) is 4.79 Å². The largest absolute Gasteiger partial charge is 0.338 e. The van der Waals surface area contributed by atoms with E-state index in [0.29, 0.717) is 11.7 Å². The lowest BCUT2D eigenvalue weighted by Crippen LogP contribution is -2.28. The van der Waals surface area contributed by atoms with Crippen molar-refractivity contribution in [2.75, 3.05) is 18.9 Å². The third-order valence-electron chi connectivity index (χ3n) is 3.83. The minimum Gasteiger partial charge on any atom is -0.338 e. The molecule has 2 heterocycles. The van der Waals surface area contributed by atoms with E-state index in [1.165, 1.54) is 17.7 Å². The average molecular weight is 380 g/mol. The van der Waals surface area contributed by atoms with Gasteiger partial charge >= 0.3 is 6.03 Å². The first-order valence-corrected chi connectivity index (χ1v) is 9.31. The summed E-state index contributed by atoms with van der Waals surface area (Å²) in [5.74, 6) is 0. The molecule has 0 spiro atoms. The third kappa shape index (κ3) is 4.17. The molecule has 2 amide bonds. The van der Waals surface area contributed by atoms with E-state index >= 15 is 0 Å². The number of aliphatic imine (C=N–C) groups is 1. The highest BCUT2D eigenvalue weighted by Gasteiger charge is 2.15. The van der Waals surface area contributed by atoms with Gasteiger partial charge in [-0.3, -0.25) is 10.3 Å². The Morgan fingerprint density at radius 2 is 2.04 bits per heavy atom. The van der Waals surface area contributed by atoms with Crippen molar-refractivity contribution >= 4 is 44.5 Å². The van der Waals surface area contributed by atoms with E-state index in [1.54, 1.807) is 19.4 Å². The van der Waals surface area contributed by atoms with Crippen LogP contribution < -0.4 is 10.6 Å². The van der Waals surface area contributed by atoms with E-state index in [1.807, 2.05) is 32.2 Å². The van der Waals surface area contributed by atoms with Gasteiger partial charge in [0.25, 0.3) is 0 Å². The molecule has 0 bridgehead atoms. The predicted octanol–water partition coefficient (Wildman–Crippen LogP) is 4.00. The summed E-state index contributed by atoms with van der Waals surface area (Å²) in [5, 5.41) is 6.04. The first kappa shape index (κ1) is 18.7. The summed E-state index contributed by atoms with van der Waals surface area (Å²) in [6, 6.07) is 3.79. The molecule has 0 radical (unpaired) electrons. The van der Waals surface area contributed by atoms with Gasteiger partial charge in [0.15, 0.2) is 5.13 Å². The van der Waals surface area contributed by atoms with Gasteiger partial charge in [0.2, 0.25) is 0 Å². The Hall–Kier alpha value is -3.13. The molecule has 0 aliphatic rings. The predicted molar refractivity (Wildman–Crippen MR) is 111 cm³/mol. The summed E-state index contributed by atoms with van der Waals surface area (Å²) in [4.78, 5) is 28.8. The maximum absolute atomic E-state index is 11.9. The molecule has 8 heteroatoms. The molecule has 0 atom stereocenters. The molecule has 0 fully saturated rings. The summed E-state index contributed by atoms with van der Waals surface area (Å²) in [6.07, 6.45) is 8.85. The van der Waals surface area contributed by atoms with Crippen LogP contribution in [0.15, 0.2) is 41.9 Å². The zero-order chi connectivity index (χ0) is 19.2. The van der Waals surface area contributed by atoms with Crippen LogP contribution in [0.4, 0.5) is 9.93 Å². The van der Waals surface area contributed by atoms with Gasteiger partial charge in [-0.25, -0.2) is 19.7 Å². The number of thiazole rings is 1. The quantitative estimate of drug-likeness (QED) is 0.655. The highest BCUT2D eigenvalue weighted by atomic mass is 32.1. The molecule has 27 heavy (non-hydrogen) atoms. The number of nitrogens with one attached hydrogen (secondary N) is 2. The summed E-state index contributed by atoms with van der Waals surface area (Å²) < 4.78 is 0.982. The zero-order valence-electron chi connectivity index (χ0n) is 15.4. The van der Waals surface area contributed by atoms with Crippen molar-refractivity contribution in [2.45, 2.75) is 13.8 Å². The van der Waals surface area contributed by atoms with Crippen molar-refractivity contribution in [3.05, 3.63) is 42.5 Å². The lowest BCUT2D eigenvalue weighted by atomic mass is 10.00. The van der Waals surface area contributed by atoms with Crippen LogP contribution in [0.5, 0.6) is 0 Å². The van der Waals surface area contributed by atoms with Crippen molar-refractivity contribution < 1.29 is 4.79 Å². The van der Waals surface area contributed by atoms with Crippen molar-refractivity contribution in [3.8, 4) is 11.1 Å². The van der Waals surface area contributed by atoms with Crippen LogP contribution in [-0.2, 0) is 0 Å². The van der Waals surface area contributed by atoms with Crippen LogP contribution in [0.25, 0.3) is 26.9 Å². The number of benzene rings is 1. The fourth-order valence-corrected chi connectivity index (χ4v) is 3.63. The fraction of sp³-hybridized carbons (Fsp3) is 0.211. The van der Waals surface area contributed by atoms with Crippen LogP contribution in [-0.4, -0.2) is 40.8 Å². The number of urea groups is 1. The highest BCUT2D eigenvalue weighted by molar-refractivity contribution is 7.22. The molecule has 0 unspecified atom stereocenters. The Morgan fingerprint density at radius 3 is 2.70 bits per heavy atom. The molecule has 1 aromatic carbocycles. The summed E-state index contributed by atoms with van der Waals surface area (Å²) in [6.45, 7) is 4.39. The molecule has 3 rings (SSSR count). The molecule has 2 aromatic heterocycles. The molecule has 0 saturated carbocycles. The van der Waals surface area contributed by atoms with Gasteiger partial charge in [0, 0.05) is 43.3 Å². The number of carbonyl (C=O) groups is 1. The number of nitrogens with zero attached hydrogens (tertiary/aromatic N) is 4. The average Bonchev–Trinajstić information content (AvgIpc) is 3.08. The van der Waals surface area contributed by atoms with Crippen molar-refractivity contribution in [1.82, 2.24) is 20.3 Å². The second-order valence-electron chi connectivity index (χ2n) is 5.63. The minimum atomic E-state index is -0.267. The number of hydrogen-bond acceptors (Lipinski definition) is 6. The SMILES string of the molecule is C/C=C(\C=NC)c1cc(-c2cncnc2)cc2nc(NC(=O)NCC)sc12. The Morgan fingerprint density at radius 1 is 1.26 bits per heavy atom. The molecular weight excluding hydrogens is 360 g/mol. The number of anilines is 1. The van der Waals surface area contributed by atoms with Crippen LogP contribution in [0, 0.1) is 0 Å². The van der Waals surface area contributed by atoms with Gasteiger partial charge in [0.05, 0.1) is 10.2 Å². The summed E-state index contributed by atoms with van der Waals surface area (Å²) >= 11 is 1.43. The first-order chi connectivity index (χ1) is 13.2. The highest BCUT2D eigenvalue weighted by Crippen LogP contribution is 2.36. The van der Waals surface area contributed by atoms with E-state index in [2.05, 4.69) is 36.6 Å². The molecule has 0 saturated heterocycles. The number of hydrogen-bond donors (Lipinski definition) is 2.